The first-order chi connectivity index (χ1) is 9.99. The minimum atomic E-state index is -3.74. The third kappa shape index (κ3) is 4.59. The Hall–Kier alpha value is -1.31. The molecule has 112 valence electrons. The molecular formula is C14H15NO3S3. The van der Waals surface area contributed by atoms with E-state index in [-0.39, 0.29) is 4.21 Å². The van der Waals surface area contributed by atoms with Crippen LogP contribution in [0.15, 0.2) is 52.1 Å². The van der Waals surface area contributed by atoms with Gasteiger partial charge in [-0.25, -0.2) is 13.1 Å². The maximum absolute atomic E-state index is 12.0. The third-order valence-corrected chi connectivity index (χ3v) is 6.67. The van der Waals surface area contributed by atoms with Crippen molar-refractivity contribution in [1.82, 2.24) is 4.72 Å². The van der Waals surface area contributed by atoms with Crippen molar-refractivity contribution in [1.29, 1.82) is 0 Å². The Balaban J connectivity index is 1.91. The molecule has 1 N–H and O–H groups in total. The van der Waals surface area contributed by atoms with Gasteiger partial charge in [-0.1, -0.05) is 36.4 Å². The standard InChI is InChI=1S/C14H15NO3S3/c1-11(20-10-12-6-3-2-4-7-12)14(16)15-21(17,18)13-8-5-9-19-13/h2-9,11H,10H2,1H3,(H,15,16). The number of sulfonamides is 1. The van der Waals surface area contributed by atoms with Gasteiger partial charge in [-0.15, -0.1) is 23.1 Å². The summed E-state index contributed by atoms with van der Waals surface area (Å²) < 4.78 is 26.2. The van der Waals surface area contributed by atoms with Gasteiger partial charge in [-0.2, -0.15) is 0 Å². The normalized spacial score (nSPS) is 12.8. The van der Waals surface area contributed by atoms with Crippen LogP contribution in [0.1, 0.15) is 12.5 Å². The number of hydrogen-bond acceptors (Lipinski definition) is 5. The van der Waals surface area contributed by atoms with Crippen LogP contribution in [-0.4, -0.2) is 19.6 Å². The van der Waals surface area contributed by atoms with Crippen molar-refractivity contribution < 1.29 is 13.2 Å². The second-order valence-electron chi connectivity index (χ2n) is 4.34. The van der Waals surface area contributed by atoms with Crippen molar-refractivity contribution in [2.24, 2.45) is 0 Å². The van der Waals surface area contributed by atoms with Crippen molar-refractivity contribution in [2.75, 3.05) is 0 Å². The number of benzene rings is 1. The summed E-state index contributed by atoms with van der Waals surface area (Å²) in [5.41, 5.74) is 1.10. The molecule has 0 bridgehead atoms. The summed E-state index contributed by atoms with van der Waals surface area (Å²) in [5.74, 6) is 0.165. The van der Waals surface area contributed by atoms with Crippen molar-refractivity contribution in [3.8, 4) is 0 Å². The van der Waals surface area contributed by atoms with Gasteiger partial charge in [0.05, 0.1) is 5.25 Å². The number of thiophene rings is 1. The van der Waals surface area contributed by atoms with E-state index in [1.165, 1.54) is 17.8 Å². The minimum Gasteiger partial charge on any atom is -0.273 e. The Morgan fingerprint density at radius 3 is 2.57 bits per heavy atom. The van der Waals surface area contributed by atoms with Crippen LogP contribution in [0, 0.1) is 0 Å². The molecular weight excluding hydrogens is 326 g/mol. The Bertz CT molecular complexity index is 682. The summed E-state index contributed by atoms with van der Waals surface area (Å²) in [6.07, 6.45) is 0. The molecule has 1 aromatic heterocycles. The van der Waals surface area contributed by atoms with Gasteiger partial charge < -0.3 is 0 Å². The Labute approximate surface area is 132 Å². The molecule has 0 fully saturated rings. The van der Waals surface area contributed by atoms with Gasteiger partial charge in [-0.3, -0.25) is 4.79 Å². The van der Waals surface area contributed by atoms with Crippen LogP contribution < -0.4 is 4.72 Å². The summed E-state index contributed by atoms with van der Waals surface area (Å²) in [5, 5.41) is 1.21. The second-order valence-corrected chi connectivity index (χ2v) is 8.53. The number of thioether (sulfide) groups is 1. The van der Waals surface area contributed by atoms with Crippen LogP contribution in [0.25, 0.3) is 0 Å². The summed E-state index contributed by atoms with van der Waals surface area (Å²) in [6.45, 7) is 1.70. The van der Waals surface area contributed by atoms with Crippen molar-refractivity contribution in [3.63, 3.8) is 0 Å². The lowest BCUT2D eigenvalue weighted by molar-refractivity contribution is -0.118. The zero-order valence-electron chi connectivity index (χ0n) is 11.4. The lowest BCUT2D eigenvalue weighted by atomic mass is 10.2. The quantitative estimate of drug-likeness (QED) is 0.877. The lowest BCUT2D eigenvalue weighted by Crippen LogP contribution is -2.35. The highest BCUT2D eigenvalue weighted by atomic mass is 32.2. The number of carbonyl (C=O) groups is 1. The van der Waals surface area contributed by atoms with Crippen LogP contribution in [0.2, 0.25) is 0 Å². The van der Waals surface area contributed by atoms with E-state index in [0.717, 1.165) is 16.9 Å². The Morgan fingerprint density at radius 2 is 1.95 bits per heavy atom. The third-order valence-electron chi connectivity index (χ3n) is 2.71. The lowest BCUT2D eigenvalue weighted by Gasteiger charge is -2.11. The zero-order valence-corrected chi connectivity index (χ0v) is 13.8. The Morgan fingerprint density at radius 1 is 1.24 bits per heavy atom. The molecule has 1 heterocycles. The second kappa shape index (κ2) is 7.11. The number of rotatable bonds is 6. The summed E-state index contributed by atoms with van der Waals surface area (Å²) in [7, 11) is -3.74. The molecule has 0 aliphatic heterocycles. The highest BCUT2D eigenvalue weighted by Gasteiger charge is 2.22. The summed E-state index contributed by atoms with van der Waals surface area (Å²) in [6, 6.07) is 12.8. The summed E-state index contributed by atoms with van der Waals surface area (Å²) in [4.78, 5) is 12.0. The average molecular weight is 341 g/mol. The van der Waals surface area contributed by atoms with E-state index in [1.54, 1.807) is 18.4 Å². The van der Waals surface area contributed by atoms with Crippen molar-refractivity contribution >= 4 is 39.0 Å². The van der Waals surface area contributed by atoms with Crippen LogP contribution in [0.5, 0.6) is 0 Å². The van der Waals surface area contributed by atoms with E-state index in [0.29, 0.717) is 5.75 Å². The molecule has 2 rings (SSSR count). The average Bonchev–Trinajstić information content (AvgIpc) is 3.00. The molecule has 0 saturated carbocycles. The molecule has 2 aromatic rings. The van der Waals surface area contributed by atoms with Gasteiger partial charge in [0.15, 0.2) is 0 Å². The first kappa shape index (κ1) is 16.1. The highest BCUT2D eigenvalue weighted by Crippen LogP contribution is 2.19. The fourth-order valence-corrected chi connectivity index (χ4v) is 4.52. The van der Waals surface area contributed by atoms with Gasteiger partial charge in [0.1, 0.15) is 4.21 Å². The monoisotopic (exact) mass is 341 g/mol. The molecule has 0 aliphatic carbocycles. The van der Waals surface area contributed by atoms with E-state index >= 15 is 0 Å². The minimum absolute atomic E-state index is 0.149. The number of carbonyl (C=O) groups excluding carboxylic acids is 1. The van der Waals surface area contributed by atoms with E-state index in [9.17, 15) is 13.2 Å². The fraction of sp³-hybridized carbons (Fsp3) is 0.214. The van der Waals surface area contributed by atoms with Crippen LogP contribution in [-0.2, 0) is 20.6 Å². The number of nitrogens with one attached hydrogen (secondary N) is 1. The Kier molecular flexibility index (Phi) is 5.44. The molecule has 0 saturated heterocycles. The molecule has 0 radical (unpaired) electrons. The van der Waals surface area contributed by atoms with Crippen molar-refractivity contribution in [2.45, 2.75) is 22.1 Å². The molecule has 7 heteroatoms. The van der Waals surface area contributed by atoms with Gasteiger partial charge in [-0.05, 0) is 23.9 Å². The molecule has 1 aromatic carbocycles. The van der Waals surface area contributed by atoms with E-state index < -0.39 is 21.2 Å². The van der Waals surface area contributed by atoms with E-state index in [1.807, 2.05) is 30.3 Å². The van der Waals surface area contributed by atoms with Crippen LogP contribution in [0.3, 0.4) is 0 Å². The topological polar surface area (TPSA) is 63.2 Å². The molecule has 1 amide bonds. The predicted octanol–water partition coefficient (Wildman–Crippen LogP) is 2.87. The van der Waals surface area contributed by atoms with E-state index in [4.69, 9.17) is 0 Å². The highest BCUT2D eigenvalue weighted by molar-refractivity contribution is 8.00. The fourth-order valence-electron chi connectivity index (χ4n) is 1.55. The molecule has 4 nitrogen and oxygen atoms in total. The van der Waals surface area contributed by atoms with Crippen molar-refractivity contribution in [3.05, 3.63) is 53.4 Å². The molecule has 21 heavy (non-hydrogen) atoms. The predicted molar refractivity (Wildman–Crippen MR) is 86.8 cm³/mol. The maximum atomic E-state index is 12.0. The first-order valence-electron chi connectivity index (χ1n) is 6.25. The maximum Gasteiger partial charge on any atom is 0.273 e. The zero-order chi connectivity index (χ0) is 15.3. The van der Waals surface area contributed by atoms with Crippen LogP contribution in [0.4, 0.5) is 0 Å². The molecule has 1 atom stereocenters. The smallest absolute Gasteiger partial charge is 0.273 e. The van der Waals surface area contributed by atoms with Gasteiger partial charge in [0, 0.05) is 5.75 Å². The molecule has 0 aliphatic rings. The van der Waals surface area contributed by atoms with Gasteiger partial charge in [0.2, 0.25) is 5.91 Å². The summed E-state index contributed by atoms with van der Waals surface area (Å²) >= 11 is 2.49. The largest absolute Gasteiger partial charge is 0.273 e. The number of amides is 1. The number of hydrogen-bond donors (Lipinski definition) is 1. The van der Waals surface area contributed by atoms with Gasteiger partial charge in [0.25, 0.3) is 10.0 Å². The molecule has 0 spiro atoms. The SMILES string of the molecule is CC(SCc1ccccc1)C(=O)NS(=O)(=O)c1cccs1. The molecule has 1 unspecified atom stereocenters. The van der Waals surface area contributed by atoms with Crippen LogP contribution >= 0.6 is 23.1 Å². The first-order valence-corrected chi connectivity index (χ1v) is 9.66. The van der Waals surface area contributed by atoms with Gasteiger partial charge >= 0.3 is 0 Å². The van der Waals surface area contributed by atoms with E-state index in [2.05, 4.69) is 4.72 Å².